The molecule has 6 heteroatoms. The highest BCUT2D eigenvalue weighted by atomic mass is 16.5. The maximum Gasteiger partial charge on any atom is 0.305 e. The van der Waals surface area contributed by atoms with Crippen molar-refractivity contribution in [1.29, 1.82) is 0 Å². The van der Waals surface area contributed by atoms with E-state index in [2.05, 4.69) is 55.6 Å². The van der Waals surface area contributed by atoms with Gasteiger partial charge >= 0.3 is 5.97 Å². The van der Waals surface area contributed by atoms with E-state index in [-0.39, 0.29) is 18.5 Å². The predicted octanol–water partition coefficient (Wildman–Crippen LogP) is 23.6. The summed E-state index contributed by atoms with van der Waals surface area (Å²) in [6.45, 7) is 4.90. The van der Waals surface area contributed by atoms with Crippen LogP contribution in [-0.2, 0) is 14.3 Å². The standard InChI is InChI=1S/C75H141NO5/c1-3-5-7-9-11-13-15-17-19-21-22-23-24-25-26-29-32-36-39-43-47-51-55-59-63-67-73(78)72(71-77)76-74(79)68-64-60-56-52-48-44-40-37-33-30-27-28-31-34-38-42-46-50-54-58-62-66-70-81-75(80)69-65-61-57-53-49-45-41-35-20-18-16-14-12-10-8-6-4-2/h12,14,18,20,30,33,63,67,72-73,77-78H,3-11,13,15-17,19,21-29,31-32,34-62,64-66,68-71H2,1-2H3,(H,76,79)/b14-12-,20-18-,33-30-,67-63+. The SMILES string of the molecule is CCCCC/C=C\C/C=C\CCCCCCCCCC(=O)OCCCCCCCCCCCCC/C=C\CCCCCCCCCC(=O)NC(CO)C(O)/C=C/CCCCCCCCCCCCCCCCCCCCCCCCC. The number of aliphatic hydroxyl groups is 2. The van der Waals surface area contributed by atoms with E-state index < -0.39 is 12.1 Å². The van der Waals surface area contributed by atoms with Gasteiger partial charge in [-0.3, -0.25) is 9.59 Å². The minimum Gasteiger partial charge on any atom is -0.466 e. The molecule has 6 nitrogen and oxygen atoms in total. The normalized spacial score (nSPS) is 12.8. The largest absolute Gasteiger partial charge is 0.466 e. The van der Waals surface area contributed by atoms with Crippen LogP contribution in [0.25, 0.3) is 0 Å². The van der Waals surface area contributed by atoms with Crippen LogP contribution >= 0.6 is 0 Å². The third-order valence-corrected chi connectivity index (χ3v) is 16.8. The number of amides is 1. The summed E-state index contributed by atoms with van der Waals surface area (Å²) >= 11 is 0. The van der Waals surface area contributed by atoms with E-state index in [0.29, 0.717) is 19.4 Å². The first-order valence-electron chi connectivity index (χ1n) is 36.4. The summed E-state index contributed by atoms with van der Waals surface area (Å²) < 4.78 is 5.49. The molecule has 3 N–H and O–H groups in total. The van der Waals surface area contributed by atoms with Crippen molar-refractivity contribution in [2.24, 2.45) is 0 Å². The quantitative estimate of drug-likeness (QED) is 0.0320. The summed E-state index contributed by atoms with van der Waals surface area (Å²) in [6, 6.07) is -0.636. The highest BCUT2D eigenvalue weighted by molar-refractivity contribution is 5.76. The molecule has 0 aromatic rings. The van der Waals surface area contributed by atoms with Gasteiger partial charge in [-0.15, -0.1) is 0 Å². The number of hydrogen-bond donors (Lipinski definition) is 3. The van der Waals surface area contributed by atoms with Crippen LogP contribution in [0.15, 0.2) is 48.6 Å². The van der Waals surface area contributed by atoms with Crippen molar-refractivity contribution < 1.29 is 24.5 Å². The number of allylic oxidation sites excluding steroid dienone is 7. The Bertz CT molecular complexity index is 1360. The molecule has 0 aliphatic rings. The zero-order valence-electron chi connectivity index (χ0n) is 54.5. The molecule has 0 aliphatic carbocycles. The Morgan fingerprint density at radius 2 is 0.617 bits per heavy atom. The molecule has 81 heavy (non-hydrogen) atoms. The van der Waals surface area contributed by atoms with Crippen molar-refractivity contribution in [3.63, 3.8) is 0 Å². The van der Waals surface area contributed by atoms with Crippen LogP contribution in [0.2, 0.25) is 0 Å². The van der Waals surface area contributed by atoms with Crippen molar-refractivity contribution in [1.82, 2.24) is 5.32 Å². The van der Waals surface area contributed by atoms with Crippen LogP contribution in [0.1, 0.15) is 393 Å². The molecule has 0 aromatic heterocycles. The minimum atomic E-state index is -0.852. The molecular formula is C75H141NO5. The van der Waals surface area contributed by atoms with E-state index in [1.165, 1.54) is 308 Å². The summed E-state index contributed by atoms with van der Waals surface area (Å²) in [5.41, 5.74) is 0. The van der Waals surface area contributed by atoms with Gasteiger partial charge in [-0.25, -0.2) is 0 Å². The summed E-state index contributed by atoms with van der Waals surface area (Å²) in [7, 11) is 0. The third kappa shape index (κ3) is 66.8. The highest BCUT2D eigenvalue weighted by Crippen LogP contribution is 2.18. The van der Waals surface area contributed by atoms with Crippen LogP contribution < -0.4 is 5.32 Å². The molecule has 0 aromatic carbocycles. The number of ether oxygens (including phenoxy) is 1. The topological polar surface area (TPSA) is 95.9 Å². The third-order valence-electron chi connectivity index (χ3n) is 16.8. The maximum absolute atomic E-state index is 12.5. The molecule has 1 amide bonds. The van der Waals surface area contributed by atoms with Gasteiger partial charge in [-0.2, -0.15) is 0 Å². The minimum absolute atomic E-state index is 0.00205. The first-order valence-corrected chi connectivity index (χ1v) is 36.4. The number of hydrogen-bond acceptors (Lipinski definition) is 5. The van der Waals surface area contributed by atoms with Crippen LogP contribution in [0, 0.1) is 0 Å². The smallest absolute Gasteiger partial charge is 0.305 e. The van der Waals surface area contributed by atoms with Crippen molar-refractivity contribution in [2.45, 2.75) is 405 Å². The zero-order valence-corrected chi connectivity index (χ0v) is 54.5. The first-order chi connectivity index (χ1) is 40.0. The van der Waals surface area contributed by atoms with E-state index in [0.717, 1.165) is 57.8 Å². The molecule has 0 fully saturated rings. The second-order valence-corrected chi connectivity index (χ2v) is 24.9. The number of carbonyl (C=O) groups excluding carboxylic acids is 2. The van der Waals surface area contributed by atoms with E-state index in [9.17, 15) is 19.8 Å². The van der Waals surface area contributed by atoms with Crippen molar-refractivity contribution in [3.05, 3.63) is 48.6 Å². The average molecular weight is 1140 g/mol. The number of carbonyl (C=O) groups is 2. The molecule has 476 valence electrons. The van der Waals surface area contributed by atoms with Crippen molar-refractivity contribution >= 4 is 11.9 Å². The lowest BCUT2D eigenvalue weighted by atomic mass is 10.0. The summed E-state index contributed by atoms with van der Waals surface area (Å²) in [5, 5.41) is 23.3. The fourth-order valence-corrected chi connectivity index (χ4v) is 11.3. The maximum atomic E-state index is 12.5. The fourth-order valence-electron chi connectivity index (χ4n) is 11.3. The Balaban J connectivity index is 3.44. The van der Waals surface area contributed by atoms with E-state index in [1.807, 2.05) is 6.08 Å². The molecule has 0 saturated heterocycles. The Labute approximate surface area is 506 Å². The number of nitrogens with one attached hydrogen (secondary N) is 1. The van der Waals surface area contributed by atoms with Crippen molar-refractivity contribution in [3.8, 4) is 0 Å². The summed E-state index contributed by atoms with van der Waals surface area (Å²) in [4.78, 5) is 24.6. The Morgan fingerprint density at radius 3 is 0.975 bits per heavy atom. The van der Waals surface area contributed by atoms with E-state index in [4.69, 9.17) is 4.74 Å². The Hall–Kier alpha value is -2.18. The lowest BCUT2D eigenvalue weighted by Gasteiger charge is -2.20. The number of aliphatic hydroxyl groups excluding tert-OH is 2. The van der Waals surface area contributed by atoms with Gasteiger partial charge in [0.2, 0.25) is 5.91 Å². The molecule has 0 aliphatic heterocycles. The summed E-state index contributed by atoms with van der Waals surface area (Å²) in [5.74, 6) is -0.0694. The van der Waals surface area contributed by atoms with Gasteiger partial charge in [0.15, 0.2) is 0 Å². The van der Waals surface area contributed by atoms with Gasteiger partial charge in [-0.05, 0) is 89.9 Å². The Kier molecular flexibility index (Phi) is 68.4. The van der Waals surface area contributed by atoms with Crippen LogP contribution in [0.3, 0.4) is 0 Å². The van der Waals surface area contributed by atoms with Gasteiger partial charge in [0, 0.05) is 12.8 Å². The van der Waals surface area contributed by atoms with Gasteiger partial charge in [-0.1, -0.05) is 339 Å². The number of unbranched alkanes of at least 4 members (excludes halogenated alkanes) is 51. The molecule has 0 bridgehead atoms. The lowest BCUT2D eigenvalue weighted by molar-refractivity contribution is -0.143. The molecule has 0 saturated carbocycles. The number of rotatable bonds is 68. The van der Waals surface area contributed by atoms with Crippen molar-refractivity contribution in [2.75, 3.05) is 13.2 Å². The molecule has 0 radical (unpaired) electrons. The fraction of sp³-hybridized carbons (Fsp3) is 0.867. The van der Waals surface area contributed by atoms with E-state index >= 15 is 0 Å². The zero-order chi connectivity index (χ0) is 58.5. The monoisotopic (exact) mass is 1140 g/mol. The van der Waals surface area contributed by atoms with Crippen LogP contribution in [-0.4, -0.2) is 47.4 Å². The number of esters is 1. The molecule has 2 atom stereocenters. The molecule has 0 spiro atoms. The highest BCUT2D eigenvalue weighted by Gasteiger charge is 2.18. The lowest BCUT2D eigenvalue weighted by Crippen LogP contribution is -2.45. The Morgan fingerprint density at radius 1 is 0.346 bits per heavy atom. The predicted molar refractivity (Wildman–Crippen MR) is 356 cm³/mol. The average Bonchev–Trinajstić information content (AvgIpc) is 3.47. The molecule has 2 unspecified atom stereocenters. The second kappa shape index (κ2) is 70.3. The molecule has 0 rings (SSSR count). The molecule has 0 heterocycles. The first kappa shape index (κ1) is 78.8. The van der Waals surface area contributed by atoms with Crippen LogP contribution in [0.4, 0.5) is 0 Å². The molecular weight excluding hydrogens is 995 g/mol. The van der Waals surface area contributed by atoms with Gasteiger partial charge < -0.3 is 20.3 Å². The summed E-state index contributed by atoms with van der Waals surface area (Å²) in [6.07, 6.45) is 91.9. The van der Waals surface area contributed by atoms with Gasteiger partial charge in [0.05, 0.1) is 25.4 Å². The van der Waals surface area contributed by atoms with Gasteiger partial charge in [0.1, 0.15) is 0 Å². The second-order valence-electron chi connectivity index (χ2n) is 24.9. The van der Waals surface area contributed by atoms with Crippen LogP contribution in [0.5, 0.6) is 0 Å². The van der Waals surface area contributed by atoms with Gasteiger partial charge in [0.25, 0.3) is 0 Å². The van der Waals surface area contributed by atoms with E-state index in [1.54, 1.807) is 6.08 Å².